The molecule has 0 unspecified atom stereocenters. The van der Waals surface area contributed by atoms with Crippen molar-refractivity contribution in [3.63, 3.8) is 0 Å². The predicted octanol–water partition coefficient (Wildman–Crippen LogP) is 3.60. The fourth-order valence-corrected chi connectivity index (χ4v) is 2.56. The maximum absolute atomic E-state index is 12.2. The molecule has 7 heteroatoms. The van der Waals surface area contributed by atoms with Crippen LogP contribution in [0.25, 0.3) is 0 Å². The molecule has 0 radical (unpaired) electrons. The van der Waals surface area contributed by atoms with Gasteiger partial charge in [0.2, 0.25) is 0 Å². The van der Waals surface area contributed by atoms with E-state index in [1.165, 1.54) is 0 Å². The van der Waals surface area contributed by atoms with E-state index >= 15 is 0 Å². The number of carbonyl (C=O) groups excluding carboxylic acids is 1. The zero-order valence-corrected chi connectivity index (χ0v) is 15.4. The van der Waals surface area contributed by atoms with Crippen LogP contribution in [0.4, 0.5) is 5.69 Å². The van der Waals surface area contributed by atoms with Crippen molar-refractivity contribution in [3.8, 4) is 5.75 Å². The third-order valence-electron chi connectivity index (χ3n) is 2.99. The van der Waals surface area contributed by atoms with Crippen LogP contribution in [0.15, 0.2) is 53.0 Å². The molecule has 2 aromatic rings. The first-order valence-corrected chi connectivity index (χ1v) is 8.39. The monoisotopic (exact) mass is 408 g/mol. The Morgan fingerprint density at radius 1 is 1.17 bits per heavy atom. The van der Waals surface area contributed by atoms with E-state index in [0.717, 1.165) is 5.69 Å². The number of nitrogens with one attached hydrogen (secondary N) is 2. The van der Waals surface area contributed by atoms with Gasteiger partial charge in [-0.05, 0) is 52.4 Å². The Bertz CT molecular complexity index is 724. The summed E-state index contributed by atoms with van der Waals surface area (Å²) >= 11 is 8.53. The van der Waals surface area contributed by atoms with E-state index in [0.29, 0.717) is 29.0 Å². The fourth-order valence-electron chi connectivity index (χ4n) is 1.88. The molecule has 0 aliphatic heterocycles. The maximum Gasteiger partial charge on any atom is 0.258 e. The van der Waals surface area contributed by atoms with Crippen molar-refractivity contribution in [2.45, 2.75) is 0 Å². The normalized spacial score (nSPS) is 10.1. The minimum Gasteiger partial charge on any atom is -0.491 e. The standard InChI is InChI=1S/C17H17BrN2O3S/c1-22-9-10-23-13-6-4-5-12(11-13)19-17(24)20-16(21)14-7-2-3-8-15(14)18/h2-8,11H,9-10H2,1H3,(H2,19,20,21,24). The van der Waals surface area contributed by atoms with Gasteiger partial charge in [-0.1, -0.05) is 18.2 Å². The first-order valence-electron chi connectivity index (χ1n) is 7.19. The lowest BCUT2D eigenvalue weighted by atomic mass is 10.2. The lowest BCUT2D eigenvalue weighted by Crippen LogP contribution is -2.34. The molecule has 24 heavy (non-hydrogen) atoms. The molecule has 0 saturated carbocycles. The number of hydrogen-bond donors (Lipinski definition) is 2. The van der Waals surface area contributed by atoms with Gasteiger partial charge >= 0.3 is 0 Å². The van der Waals surface area contributed by atoms with Crippen molar-refractivity contribution in [1.29, 1.82) is 0 Å². The van der Waals surface area contributed by atoms with Crippen LogP contribution < -0.4 is 15.4 Å². The molecule has 2 N–H and O–H groups in total. The number of hydrogen-bond acceptors (Lipinski definition) is 4. The van der Waals surface area contributed by atoms with E-state index in [2.05, 4.69) is 26.6 Å². The Labute approximate surface area is 154 Å². The van der Waals surface area contributed by atoms with Crippen molar-refractivity contribution in [1.82, 2.24) is 5.32 Å². The van der Waals surface area contributed by atoms with E-state index in [-0.39, 0.29) is 11.0 Å². The van der Waals surface area contributed by atoms with Gasteiger partial charge in [0.05, 0.1) is 12.2 Å². The topological polar surface area (TPSA) is 59.6 Å². The van der Waals surface area contributed by atoms with Crippen molar-refractivity contribution < 1.29 is 14.3 Å². The van der Waals surface area contributed by atoms with Crippen LogP contribution in [0, 0.1) is 0 Å². The molecule has 0 fully saturated rings. The fraction of sp³-hybridized carbons (Fsp3) is 0.176. The van der Waals surface area contributed by atoms with Crippen LogP contribution in [-0.2, 0) is 4.74 Å². The number of benzene rings is 2. The van der Waals surface area contributed by atoms with Gasteiger partial charge in [0.1, 0.15) is 12.4 Å². The van der Waals surface area contributed by atoms with Gasteiger partial charge in [0.15, 0.2) is 5.11 Å². The van der Waals surface area contributed by atoms with Crippen LogP contribution >= 0.6 is 28.1 Å². The summed E-state index contributed by atoms with van der Waals surface area (Å²) in [6, 6.07) is 14.4. The third-order valence-corrected chi connectivity index (χ3v) is 3.89. The number of anilines is 1. The zero-order valence-electron chi connectivity index (χ0n) is 13.0. The van der Waals surface area contributed by atoms with Crippen LogP contribution in [0.2, 0.25) is 0 Å². The Kier molecular flexibility index (Phi) is 7.17. The average Bonchev–Trinajstić information content (AvgIpc) is 2.55. The SMILES string of the molecule is COCCOc1cccc(NC(=S)NC(=O)c2ccccc2Br)c1. The lowest BCUT2D eigenvalue weighted by molar-refractivity contribution is 0.0977. The Hall–Kier alpha value is -1.96. The number of rotatable bonds is 6. The molecule has 1 amide bonds. The summed E-state index contributed by atoms with van der Waals surface area (Å²) in [5, 5.41) is 5.83. The van der Waals surface area contributed by atoms with Gasteiger partial charge in [-0.2, -0.15) is 0 Å². The molecule has 126 valence electrons. The number of amides is 1. The Morgan fingerprint density at radius 3 is 2.71 bits per heavy atom. The molecule has 0 aromatic heterocycles. The van der Waals surface area contributed by atoms with E-state index in [9.17, 15) is 4.79 Å². The van der Waals surface area contributed by atoms with E-state index in [4.69, 9.17) is 21.7 Å². The number of ether oxygens (including phenoxy) is 2. The molecule has 0 saturated heterocycles. The van der Waals surface area contributed by atoms with Crippen LogP contribution in [0.5, 0.6) is 5.75 Å². The molecule has 0 bridgehead atoms. The quantitative estimate of drug-likeness (QED) is 0.564. The highest BCUT2D eigenvalue weighted by atomic mass is 79.9. The summed E-state index contributed by atoms with van der Waals surface area (Å²) in [7, 11) is 1.62. The minimum atomic E-state index is -0.285. The molecule has 0 aliphatic carbocycles. The highest BCUT2D eigenvalue weighted by Crippen LogP contribution is 2.18. The van der Waals surface area contributed by atoms with Gasteiger partial charge in [0, 0.05) is 23.3 Å². The van der Waals surface area contributed by atoms with Crippen molar-refractivity contribution in [3.05, 3.63) is 58.6 Å². The molecule has 0 aliphatic rings. The summed E-state index contributed by atoms with van der Waals surface area (Å²) in [6.45, 7) is 0.973. The van der Waals surface area contributed by atoms with Crippen molar-refractivity contribution in [2.24, 2.45) is 0 Å². The molecule has 0 heterocycles. The summed E-state index contributed by atoms with van der Waals surface area (Å²) in [4.78, 5) is 12.2. The van der Waals surface area contributed by atoms with Crippen molar-refractivity contribution in [2.75, 3.05) is 25.6 Å². The van der Waals surface area contributed by atoms with E-state index in [1.54, 1.807) is 31.4 Å². The second-order valence-electron chi connectivity index (χ2n) is 4.76. The Balaban J connectivity index is 1.93. The number of thiocarbonyl (C=S) groups is 1. The number of methoxy groups -OCH3 is 1. The predicted molar refractivity (Wildman–Crippen MR) is 102 cm³/mol. The molecular weight excluding hydrogens is 392 g/mol. The molecular formula is C17H17BrN2O3S. The third kappa shape index (κ3) is 5.59. The summed E-state index contributed by atoms with van der Waals surface area (Å²) in [5.74, 6) is 0.407. The Morgan fingerprint density at radius 2 is 1.96 bits per heavy atom. The minimum absolute atomic E-state index is 0.213. The summed E-state index contributed by atoms with van der Waals surface area (Å²) in [5.41, 5.74) is 1.24. The molecule has 2 aromatic carbocycles. The smallest absolute Gasteiger partial charge is 0.258 e. The van der Waals surface area contributed by atoms with E-state index < -0.39 is 0 Å². The van der Waals surface area contributed by atoms with Crippen LogP contribution in [-0.4, -0.2) is 31.3 Å². The average molecular weight is 409 g/mol. The molecule has 0 spiro atoms. The first kappa shape index (κ1) is 18.4. The molecule has 2 rings (SSSR count). The summed E-state index contributed by atoms with van der Waals surface area (Å²) < 4.78 is 11.2. The van der Waals surface area contributed by atoms with Gasteiger partial charge < -0.3 is 14.8 Å². The van der Waals surface area contributed by atoms with Crippen molar-refractivity contribution >= 4 is 44.9 Å². The van der Waals surface area contributed by atoms with Gasteiger partial charge in [-0.15, -0.1) is 0 Å². The van der Waals surface area contributed by atoms with Crippen LogP contribution in [0.3, 0.4) is 0 Å². The first-order chi connectivity index (χ1) is 11.6. The lowest BCUT2D eigenvalue weighted by Gasteiger charge is -2.12. The molecule has 5 nitrogen and oxygen atoms in total. The largest absolute Gasteiger partial charge is 0.491 e. The maximum atomic E-state index is 12.2. The molecule has 0 atom stereocenters. The number of carbonyl (C=O) groups is 1. The van der Waals surface area contributed by atoms with E-state index in [1.807, 2.05) is 24.3 Å². The highest BCUT2D eigenvalue weighted by molar-refractivity contribution is 9.10. The highest BCUT2D eigenvalue weighted by Gasteiger charge is 2.11. The van der Waals surface area contributed by atoms with Gasteiger partial charge in [-0.3, -0.25) is 10.1 Å². The van der Waals surface area contributed by atoms with Crippen LogP contribution in [0.1, 0.15) is 10.4 Å². The van der Waals surface area contributed by atoms with Gasteiger partial charge in [0.25, 0.3) is 5.91 Å². The summed E-state index contributed by atoms with van der Waals surface area (Å²) in [6.07, 6.45) is 0. The number of halogens is 1. The second-order valence-corrected chi connectivity index (χ2v) is 6.02. The zero-order chi connectivity index (χ0) is 17.4. The van der Waals surface area contributed by atoms with Gasteiger partial charge in [-0.25, -0.2) is 0 Å². The second kappa shape index (κ2) is 9.36.